The lowest BCUT2D eigenvalue weighted by molar-refractivity contribution is 0.121. The standard InChI is InChI=1S/C34H44N6/c1-25(34(2,3)4)39-22-20-38(21-23-39)18-9-19-40(31-14-7-10-26-11-8-16-36-32(26)31)24-30-33-28(15-17-35-30)27-12-5-6-13-29(27)37-33/h5-6,8,11-13,15-17,31,37H,1,7,9-10,14,18-24H2,2-4H3. The first-order chi connectivity index (χ1) is 19.4. The van der Waals surface area contributed by atoms with Crippen molar-refractivity contribution in [2.45, 2.75) is 59.0 Å². The van der Waals surface area contributed by atoms with Gasteiger partial charge in [0, 0.05) is 79.1 Å². The Morgan fingerprint density at radius 1 is 1.00 bits per heavy atom. The van der Waals surface area contributed by atoms with Gasteiger partial charge in [-0.1, -0.05) is 51.6 Å². The van der Waals surface area contributed by atoms with Crippen LogP contribution in [0.5, 0.6) is 0 Å². The number of nitrogens with one attached hydrogen (secondary N) is 1. The Morgan fingerprint density at radius 3 is 2.65 bits per heavy atom. The molecule has 0 saturated carbocycles. The van der Waals surface area contributed by atoms with E-state index in [9.17, 15) is 0 Å². The van der Waals surface area contributed by atoms with Crippen LogP contribution in [0.2, 0.25) is 0 Å². The fourth-order valence-corrected chi connectivity index (χ4v) is 6.64. The summed E-state index contributed by atoms with van der Waals surface area (Å²) in [7, 11) is 0. The number of hydrogen-bond acceptors (Lipinski definition) is 5. The van der Waals surface area contributed by atoms with E-state index in [1.165, 1.54) is 45.2 Å². The molecule has 1 fully saturated rings. The van der Waals surface area contributed by atoms with Crippen LogP contribution in [0.25, 0.3) is 21.8 Å². The lowest BCUT2D eigenvalue weighted by Crippen LogP contribution is -2.47. The van der Waals surface area contributed by atoms with Crippen LogP contribution in [0.1, 0.15) is 63.0 Å². The molecule has 6 rings (SSSR count). The lowest BCUT2D eigenvalue weighted by atomic mass is 9.90. The third kappa shape index (κ3) is 5.52. The van der Waals surface area contributed by atoms with Gasteiger partial charge in [-0.2, -0.15) is 0 Å². The molecular formula is C34H44N6. The molecular weight excluding hydrogens is 492 g/mol. The molecule has 4 aromatic rings. The number of fused-ring (bicyclic) bond motifs is 4. The summed E-state index contributed by atoms with van der Waals surface area (Å²) in [5.74, 6) is 0. The molecule has 2 aliphatic rings. The lowest BCUT2D eigenvalue weighted by Gasteiger charge is -2.41. The fraction of sp³-hybridized carbons (Fsp3) is 0.471. The Balaban J connectivity index is 1.19. The molecule has 1 aliphatic carbocycles. The molecule has 210 valence electrons. The summed E-state index contributed by atoms with van der Waals surface area (Å²) >= 11 is 0. The highest BCUT2D eigenvalue weighted by Gasteiger charge is 2.29. The number of aromatic amines is 1. The molecule has 4 heterocycles. The van der Waals surface area contributed by atoms with Gasteiger partial charge in [0.25, 0.3) is 0 Å². The van der Waals surface area contributed by atoms with Gasteiger partial charge in [0.15, 0.2) is 0 Å². The van der Waals surface area contributed by atoms with Gasteiger partial charge < -0.3 is 9.88 Å². The monoisotopic (exact) mass is 536 g/mol. The Kier molecular flexibility index (Phi) is 7.65. The number of hydrogen-bond donors (Lipinski definition) is 1. The van der Waals surface area contributed by atoms with E-state index in [1.807, 2.05) is 12.4 Å². The average molecular weight is 537 g/mol. The minimum absolute atomic E-state index is 0.134. The number of piperazine rings is 1. The molecule has 6 nitrogen and oxygen atoms in total. The van der Waals surface area contributed by atoms with Crippen LogP contribution in [-0.2, 0) is 13.0 Å². The van der Waals surface area contributed by atoms with E-state index in [1.54, 1.807) is 0 Å². The molecule has 1 atom stereocenters. The summed E-state index contributed by atoms with van der Waals surface area (Å²) in [6.45, 7) is 18.5. The average Bonchev–Trinajstić information content (AvgIpc) is 3.36. The number of benzene rings is 1. The molecule has 0 spiro atoms. The number of nitrogens with zero attached hydrogens (tertiary/aromatic N) is 5. The maximum Gasteiger partial charge on any atom is 0.0784 e. The normalized spacial score (nSPS) is 18.5. The molecule has 1 aliphatic heterocycles. The van der Waals surface area contributed by atoms with E-state index in [0.717, 1.165) is 70.8 Å². The second-order valence-electron chi connectivity index (χ2n) is 12.7. The van der Waals surface area contributed by atoms with E-state index in [4.69, 9.17) is 9.97 Å². The minimum Gasteiger partial charge on any atom is -0.372 e. The number of rotatable bonds is 8. The summed E-state index contributed by atoms with van der Waals surface area (Å²) in [5, 5.41) is 2.53. The van der Waals surface area contributed by atoms with Crippen molar-refractivity contribution in [3.63, 3.8) is 0 Å². The minimum atomic E-state index is 0.134. The first-order valence-electron chi connectivity index (χ1n) is 15.1. The predicted molar refractivity (Wildman–Crippen MR) is 165 cm³/mol. The van der Waals surface area contributed by atoms with Crippen LogP contribution in [0.3, 0.4) is 0 Å². The van der Waals surface area contributed by atoms with Crippen molar-refractivity contribution in [1.29, 1.82) is 0 Å². The Morgan fingerprint density at radius 2 is 1.82 bits per heavy atom. The number of allylic oxidation sites excluding steroid dienone is 1. The molecule has 40 heavy (non-hydrogen) atoms. The number of H-pyrrole nitrogens is 1. The highest BCUT2D eigenvalue weighted by molar-refractivity contribution is 6.07. The SMILES string of the molecule is C=C(N1CCN(CCCN(Cc2nccc3c2[nH]c2ccccc23)C2CCCc3cccnc32)CC1)C(C)(C)C. The molecule has 0 amide bonds. The zero-order valence-electron chi connectivity index (χ0n) is 24.5. The van der Waals surface area contributed by atoms with Crippen molar-refractivity contribution in [2.75, 3.05) is 39.3 Å². The zero-order valence-corrected chi connectivity index (χ0v) is 24.5. The zero-order chi connectivity index (χ0) is 27.7. The second kappa shape index (κ2) is 11.3. The van der Waals surface area contributed by atoms with Crippen LogP contribution in [0.4, 0.5) is 0 Å². The molecule has 1 N–H and O–H groups in total. The summed E-state index contributed by atoms with van der Waals surface area (Å²) in [4.78, 5) is 21.3. The number of aryl methyl sites for hydroxylation is 1. The maximum atomic E-state index is 4.92. The Hall–Kier alpha value is -3.22. The smallest absolute Gasteiger partial charge is 0.0784 e. The molecule has 1 saturated heterocycles. The van der Waals surface area contributed by atoms with Gasteiger partial charge >= 0.3 is 0 Å². The van der Waals surface area contributed by atoms with Crippen LogP contribution >= 0.6 is 0 Å². The highest BCUT2D eigenvalue weighted by atomic mass is 15.3. The van der Waals surface area contributed by atoms with Crippen molar-refractivity contribution >= 4 is 21.8 Å². The van der Waals surface area contributed by atoms with Crippen LogP contribution < -0.4 is 0 Å². The van der Waals surface area contributed by atoms with Gasteiger partial charge in [0.1, 0.15) is 0 Å². The molecule has 6 heteroatoms. The first kappa shape index (κ1) is 27.0. The predicted octanol–water partition coefficient (Wildman–Crippen LogP) is 6.56. The highest BCUT2D eigenvalue weighted by Crippen LogP contribution is 2.35. The Bertz CT molecular complexity index is 1470. The quantitative estimate of drug-likeness (QED) is 0.276. The number of pyridine rings is 2. The largest absolute Gasteiger partial charge is 0.372 e. The topological polar surface area (TPSA) is 51.3 Å². The summed E-state index contributed by atoms with van der Waals surface area (Å²) in [5.41, 5.74) is 7.56. The number of para-hydroxylation sites is 1. The molecule has 1 unspecified atom stereocenters. The molecule has 0 radical (unpaired) electrons. The van der Waals surface area contributed by atoms with Gasteiger partial charge in [-0.05, 0) is 56.0 Å². The van der Waals surface area contributed by atoms with Crippen molar-refractivity contribution < 1.29 is 0 Å². The summed E-state index contributed by atoms with van der Waals surface area (Å²) in [6.07, 6.45) is 8.59. The number of aromatic nitrogens is 3. The third-order valence-electron chi connectivity index (χ3n) is 9.00. The van der Waals surface area contributed by atoms with Crippen molar-refractivity contribution in [3.8, 4) is 0 Å². The van der Waals surface area contributed by atoms with E-state index >= 15 is 0 Å². The van der Waals surface area contributed by atoms with Crippen LogP contribution in [-0.4, -0.2) is 68.9 Å². The molecule has 3 aromatic heterocycles. The first-order valence-corrected chi connectivity index (χ1v) is 15.1. The van der Waals surface area contributed by atoms with E-state index in [-0.39, 0.29) is 5.41 Å². The second-order valence-corrected chi connectivity index (χ2v) is 12.7. The van der Waals surface area contributed by atoms with Gasteiger partial charge in [0.2, 0.25) is 0 Å². The summed E-state index contributed by atoms with van der Waals surface area (Å²) < 4.78 is 0. The van der Waals surface area contributed by atoms with Crippen molar-refractivity contribution in [1.82, 2.24) is 29.7 Å². The molecule has 1 aromatic carbocycles. The van der Waals surface area contributed by atoms with Crippen molar-refractivity contribution in [2.24, 2.45) is 5.41 Å². The van der Waals surface area contributed by atoms with Gasteiger partial charge in [-0.25, -0.2) is 0 Å². The van der Waals surface area contributed by atoms with Gasteiger partial charge in [-0.3, -0.25) is 19.8 Å². The summed E-state index contributed by atoms with van der Waals surface area (Å²) in [6, 6.07) is 15.4. The molecule has 0 bridgehead atoms. The third-order valence-corrected chi connectivity index (χ3v) is 9.00. The van der Waals surface area contributed by atoms with E-state index < -0.39 is 0 Å². The maximum absolute atomic E-state index is 4.92. The Labute approximate surface area is 239 Å². The van der Waals surface area contributed by atoms with Gasteiger partial charge in [-0.15, -0.1) is 0 Å². The van der Waals surface area contributed by atoms with Crippen LogP contribution in [0, 0.1) is 5.41 Å². The van der Waals surface area contributed by atoms with E-state index in [0.29, 0.717) is 6.04 Å². The van der Waals surface area contributed by atoms with Crippen LogP contribution in [0.15, 0.2) is 67.1 Å². The van der Waals surface area contributed by atoms with Crippen molar-refractivity contribution in [3.05, 3.63) is 84.1 Å². The van der Waals surface area contributed by atoms with E-state index in [2.05, 4.69) is 89.5 Å². The van der Waals surface area contributed by atoms with Gasteiger partial charge in [0.05, 0.1) is 22.9 Å². The fourth-order valence-electron chi connectivity index (χ4n) is 6.64.